The summed E-state index contributed by atoms with van der Waals surface area (Å²) in [4.78, 5) is 4.04. The van der Waals surface area contributed by atoms with Gasteiger partial charge in [-0.1, -0.05) is 0 Å². The van der Waals surface area contributed by atoms with E-state index in [1.807, 2.05) is 0 Å². The lowest BCUT2D eigenvalue weighted by atomic mass is 9.92. The number of aromatic nitrogens is 2. The van der Waals surface area contributed by atoms with E-state index < -0.39 is 6.10 Å². The molecule has 0 saturated heterocycles. The van der Waals surface area contributed by atoms with Crippen molar-refractivity contribution in [1.29, 1.82) is 0 Å². The van der Waals surface area contributed by atoms with Crippen LogP contribution in [0.1, 0.15) is 37.1 Å². The summed E-state index contributed by atoms with van der Waals surface area (Å²) < 4.78 is 2.06. The molecule has 3 N–H and O–H groups in total. The Labute approximate surface area is 77.4 Å². The van der Waals surface area contributed by atoms with Crippen LogP contribution in [0, 0.1) is 0 Å². The number of hydrogen-bond acceptors (Lipinski definition) is 3. The SMILES string of the molecule is NCC(O)c1cncn1C1CCC1. The lowest BCUT2D eigenvalue weighted by molar-refractivity contribution is 0.167. The lowest BCUT2D eigenvalue weighted by Crippen LogP contribution is -2.22. The fourth-order valence-electron chi connectivity index (χ4n) is 1.66. The van der Waals surface area contributed by atoms with E-state index in [1.165, 1.54) is 19.3 Å². The van der Waals surface area contributed by atoms with E-state index in [4.69, 9.17) is 5.73 Å². The third-order valence-electron chi connectivity index (χ3n) is 2.73. The van der Waals surface area contributed by atoms with Crippen molar-refractivity contribution in [2.45, 2.75) is 31.4 Å². The maximum absolute atomic E-state index is 9.58. The van der Waals surface area contributed by atoms with Crippen molar-refractivity contribution >= 4 is 0 Å². The molecule has 0 radical (unpaired) electrons. The number of aliphatic hydroxyl groups excluding tert-OH is 1. The second-order valence-electron chi connectivity index (χ2n) is 3.56. The van der Waals surface area contributed by atoms with E-state index in [0.717, 1.165) is 5.69 Å². The molecule has 1 aromatic heterocycles. The minimum Gasteiger partial charge on any atom is -0.385 e. The Hall–Kier alpha value is -0.870. The van der Waals surface area contributed by atoms with Crippen molar-refractivity contribution in [2.75, 3.05) is 6.54 Å². The Morgan fingerprint density at radius 3 is 3.00 bits per heavy atom. The second-order valence-corrected chi connectivity index (χ2v) is 3.56. The van der Waals surface area contributed by atoms with Crippen LogP contribution in [0.5, 0.6) is 0 Å². The van der Waals surface area contributed by atoms with Gasteiger partial charge >= 0.3 is 0 Å². The number of nitrogens with two attached hydrogens (primary N) is 1. The quantitative estimate of drug-likeness (QED) is 0.717. The molecule has 4 heteroatoms. The van der Waals surface area contributed by atoms with Crippen LogP contribution in [0.3, 0.4) is 0 Å². The Morgan fingerprint density at radius 1 is 1.69 bits per heavy atom. The van der Waals surface area contributed by atoms with Gasteiger partial charge in [0.15, 0.2) is 0 Å². The van der Waals surface area contributed by atoms with E-state index in [9.17, 15) is 5.11 Å². The zero-order valence-electron chi connectivity index (χ0n) is 7.56. The smallest absolute Gasteiger partial charge is 0.108 e. The van der Waals surface area contributed by atoms with Crippen molar-refractivity contribution in [2.24, 2.45) is 5.73 Å². The third kappa shape index (κ3) is 1.47. The van der Waals surface area contributed by atoms with Gasteiger partial charge in [0.05, 0.1) is 18.2 Å². The second kappa shape index (κ2) is 3.47. The molecule has 4 nitrogen and oxygen atoms in total. The fraction of sp³-hybridized carbons (Fsp3) is 0.667. The Bertz CT molecular complexity index is 261. The number of imidazole rings is 1. The highest BCUT2D eigenvalue weighted by molar-refractivity contribution is 5.05. The monoisotopic (exact) mass is 181 g/mol. The lowest BCUT2D eigenvalue weighted by Gasteiger charge is -2.29. The van der Waals surface area contributed by atoms with Gasteiger partial charge in [0.2, 0.25) is 0 Å². The molecule has 0 aromatic carbocycles. The number of hydrogen-bond donors (Lipinski definition) is 2. The molecule has 1 fully saturated rings. The van der Waals surface area contributed by atoms with Crippen LogP contribution < -0.4 is 5.73 Å². The standard InChI is InChI=1S/C9H15N3O/c10-4-9(13)8-5-11-6-12(8)7-2-1-3-7/h5-7,9,13H,1-4,10H2. The first-order valence-electron chi connectivity index (χ1n) is 4.72. The average Bonchev–Trinajstić information content (AvgIpc) is 2.49. The molecule has 1 saturated carbocycles. The molecule has 72 valence electrons. The van der Waals surface area contributed by atoms with Crippen molar-refractivity contribution in [1.82, 2.24) is 9.55 Å². The molecule has 1 aliphatic carbocycles. The van der Waals surface area contributed by atoms with Crippen LogP contribution in [-0.2, 0) is 0 Å². The van der Waals surface area contributed by atoms with Gasteiger partial charge in [-0.15, -0.1) is 0 Å². The number of nitrogens with zero attached hydrogens (tertiary/aromatic N) is 2. The first-order valence-corrected chi connectivity index (χ1v) is 4.72. The highest BCUT2D eigenvalue weighted by Crippen LogP contribution is 2.33. The molecule has 1 aromatic rings. The summed E-state index contributed by atoms with van der Waals surface area (Å²) in [6, 6.07) is 0.540. The topological polar surface area (TPSA) is 64.1 Å². The zero-order valence-corrected chi connectivity index (χ0v) is 7.56. The maximum atomic E-state index is 9.58. The molecule has 0 bridgehead atoms. The zero-order chi connectivity index (χ0) is 9.26. The summed E-state index contributed by atoms with van der Waals surface area (Å²) in [5, 5.41) is 9.58. The van der Waals surface area contributed by atoms with Crippen LogP contribution in [0.15, 0.2) is 12.5 Å². The minimum absolute atomic E-state index is 0.262. The van der Waals surface area contributed by atoms with Gasteiger partial charge in [-0.05, 0) is 19.3 Å². The Kier molecular flexibility index (Phi) is 2.33. The molecule has 1 unspecified atom stereocenters. The van der Waals surface area contributed by atoms with Crippen molar-refractivity contribution in [3.63, 3.8) is 0 Å². The van der Waals surface area contributed by atoms with E-state index in [-0.39, 0.29) is 6.54 Å². The molecular weight excluding hydrogens is 166 g/mol. The van der Waals surface area contributed by atoms with Gasteiger partial charge in [0.25, 0.3) is 0 Å². The molecular formula is C9H15N3O. The first kappa shape index (κ1) is 8.72. The summed E-state index contributed by atoms with van der Waals surface area (Å²) in [5.41, 5.74) is 6.25. The summed E-state index contributed by atoms with van der Waals surface area (Å²) in [7, 11) is 0. The van der Waals surface area contributed by atoms with E-state index in [1.54, 1.807) is 12.5 Å². The summed E-state index contributed by atoms with van der Waals surface area (Å²) in [6.45, 7) is 0.262. The highest BCUT2D eigenvalue weighted by Gasteiger charge is 2.23. The van der Waals surface area contributed by atoms with Crippen molar-refractivity contribution < 1.29 is 5.11 Å². The van der Waals surface area contributed by atoms with Crippen LogP contribution in [0.2, 0.25) is 0 Å². The molecule has 2 rings (SSSR count). The summed E-state index contributed by atoms with van der Waals surface area (Å²) in [5.74, 6) is 0. The number of rotatable bonds is 3. The van der Waals surface area contributed by atoms with Gasteiger partial charge in [-0.2, -0.15) is 0 Å². The van der Waals surface area contributed by atoms with Crippen molar-refractivity contribution in [3.8, 4) is 0 Å². The minimum atomic E-state index is -0.567. The van der Waals surface area contributed by atoms with Crippen LogP contribution in [-0.4, -0.2) is 21.2 Å². The first-order chi connectivity index (χ1) is 6.33. The maximum Gasteiger partial charge on any atom is 0.108 e. The fourth-order valence-corrected chi connectivity index (χ4v) is 1.66. The predicted molar refractivity (Wildman–Crippen MR) is 49.1 cm³/mol. The van der Waals surface area contributed by atoms with Crippen molar-refractivity contribution in [3.05, 3.63) is 18.2 Å². The van der Waals surface area contributed by atoms with Crippen LogP contribution in [0.25, 0.3) is 0 Å². The van der Waals surface area contributed by atoms with Gasteiger partial charge < -0.3 is 15.4 Å². The molecule has 1 atom stereocenters. The normalized spacial score (nSPS) is 19.8. The molecule has 1 aliphatic rings. The summed E-state index contributed by atoms with van der Waals surface area (Å²) in [6.07, 6.45) is 6.60. The largest absolute Gasteiger partial charge is 0.385 e. The van der Waals surface area contributed by atoms with E-state index >= 15 is 0 Å². The average molecular weight is 181 g/mol. The predicted octanol–water partition coefficient (Wildman–Crippen LogP) is 0.600. The molecule has 1 heterocycles. The highest BCUT2D eigenvalue weighted by atomic mass is 16.3. The molecule has 13 heavy (non-hydrogen) atoms. The summed E-state index contributed by atoms with van der Waals surface area (Å²) >= 11 is 0. The van der Waals surface area contributed by atoms with E-state index in [2.05, 4.69) is 9.55 Å². The van der Waals surface area contributed by atoms with Gasteiger partial charge in [0.1, 0.15) is 6.10 Å². The van der Waals surface area contributed by atoms with Crippen LogP contribution >= 0.6 is 0 Å². The van der Waals surface area contributed by atoms with E-state index in [0.29, 0.717) is 6.04 Å². The molecule has 0 spiro atoms. The Morgan fingerprint density at radius 2 is 2.46 bits per heavy atom. The third-order valence-corrected chi connectivity index (χ3v) is 2.73. The molecule has 0 amide bonds. The Balaban J connectivity index is 2.19. The van der Waals surface area contributed by atoms with Gasteiger partial charge in [0, 0.05) is 12.6 Å². The number of aliphatic hydroxyl groups is 1. The van der Waals surface area contributed by atoms with Gasteiger partial charge in [-0.3, -0.25) is 0 Å². The van der Waals surface area contributed by atoms with Crippen LogP contribution in [0.4, 0.5) is 0 Å². The molecule has 0 aliphatic heterocycles. The van der Waals surface area contributed by atoms with Gasteiger partial charge in [-0.25, -0.2) is 4.98 Å².